The number of rotatable bonds is 8. The van der Waals surface area contributed by atoms with Crippen molar-refractivity contribution in [3.8, 4) is 5.75 Å². The molecule has 1 heterocycles. The van der Waals surface area contributed by atoms with Crippen molar-refractivity contribution < 1.29 is 14.3 Å². The Bertz CT molecular complexity index is 1230. The van der Waals surface area contributed by atoms with Gasteiger partial charge in [0.25, 0.3) is 0 Å². The van der Waals surface area contributed by atoms with Crippen molar-refractivity contribution in [2.45, 2.75) is 25.7 Å². The maximum Gasteiger partial charge on any atom is 0.226 e. The van der Waals surface area contributed by atoms with Gasteiger partial charge in [0.05, 0.1) is 7.11 Å². The van der Waals surface area contributed by atoms with E-state index in [-0.39, 0.29) is 23.7 Å². The number of nitrogens with zero attached hydrogens (tertiary/aromatic N) is 2. The van der Waals surface area contributed by atoms with Gasteiger partial charge >= 0.3 is 0 Å². The molecule has 1 aliphatic carbocycles. The summed E-state index contributed by atoms with van der Waals surface area (Å²) in [5.74, 6) is 0.539. The van der Waals surface area contributed by atoms with Gasteiger partial charge in [-0.2, -0.15) is 0 Å². The molecule has 2 atom stereocenters. The Morgan fingerprint density at radius 1 is 0.842 bits per heavy atom. The summed E-state index contributed by atoms with van der Waals surface area (Å²) >= 11 is 0. The third kappa shape index (κ3) is 5.87. The molecule has 5 rings (SSSR count). The topological polar surface area (TPSA) is 73.9 Å². The van der Waals surface area contributed by atoms with E-state index in [1.165, 1.54) is 10.8 Å². The van der Waals surface area contributed by atoms with E-state index in [9.17, 15) is 9.59 Å². The molecule has 1 saturated heterocycles. The number of hydrogen-bond acceptors (Lipinski definition) is 5. The van der Waals surface area contributed by atoms with Gasteiger partial charge in [-0.05, 0) is 48.6 Å². The summed E-state index contributed by atoms with van der Waals surface area (Å²) in [6.45, 7) is 4.12. The van der Waals surface area contributed by atoms with Crippen molar-refractivity contribution in [3.63, 3.8) is 0 Å². The van der Waals surface area contributed by atoms with Gasteiger partial charge in [0, 0.05) is 67.9 Å². The lowest BCUT2D eigenvalue weighted by Gasteiger charge is -2.39. The van der Waals surface area contributed by atoms with Gasteiger partial charge < -0.3 is 25.2 Å². The van der Waals surface area contributed by atoms with Crippen LogP contribution in [0.15, 0.2) is 66.7 Å². The molecule has 38 heavy (non-hydrogen) atoms. The lowest BCUT2D eigenvalue weighted by molar-refractivity contribution is -0.143. The van der Waals surface area contributed by atoms with Gasteiger partial charge in [-0.1, -0.05) is 49.2 Å². The lowest BCUT2D eigenvalue weighted by Crippen LogP contribution is -2.53. The van der Waals surface area contributed by atoms with Gasteiger partial charge in [-0.15, -0.1) is 0 Å². The van der Waals surface area contributed by atoms with E-state index in [2.05, 4.69) is 51.9 Å². The van der Waals surface area contributed by atoms with Crippen LogP contribution in [0.3, 0.4) is 0 Å². The van der Waals surface area contributed by atoms with Crippen LogP contribution in [0.4, 0.5) is 11.4 Å². The van der Waals surface area contributed by atoms with Crippen LogP contribution in [-0.4, -0.2) is 63.1 Å². The minimum atomic E-state index is -0.242. The van der Waals surface area contributed by atoms with Crippen LogP contribution in [0.25, 0.3) is 10.8 Å². The molecule has 1 saturated carbocycles. The molecule has 3 aromatic carbocycles. The van der Waals surface area contributed by atoms with Crippen molar-refractivity contribution in [3.05, 3.63) is 66.7 Å². The van der Waals surface area contributed by atoms with Crippen LogP contribution in [0.2, 0.25) is 0 Å². The first-order valence-electron chi connectivity index (χ1n) is 13.8. The third-order valence-corrected chi connectivity index (χ3v) is 7.98. The summed E-state index contributed by atoms with van der Waals surface area (Å²) in [6.07, 6.45) is 3.59. The van der Waals surface area contributed by atoms with Crippen LogP contribution in [-0.2, 0) is 9.59 Å². The number of benzene rings is 3. The zero-order chi connectivity index (χ0) is 26.3. The number of fused-ring (bicyclic) bond motifs is 1. The minimum Gasteiger partial charge on any atom is -0.497 e. The number of ether oxygens (including phenoxy) is 1. The normalized spacial score (nSPS) is 19.7. The maximum atomic E-state index is 13.5. The summed E-state index contributed by atoms with van der Waals surface area (Å²) in [5.41, 5.74) is 2.21. The predicted octanol–water partition coefficient (Wildman–Crippen LogP) is 4.53. The standard InChI is InChI=1S/C31H38N4O3/c1-38-25-15-13-24(14-16-25)34-19-21-35(22-20-34)31(37)28-11-5-4-10-27(28)30(36)33-18-17-32-29-12-6-8-23-7-2-3-9-26(23)29/h2-3,6-9,12-16,27-28,32H,4-5,10-11,17-22H2,1H3,(H,33,36). The van der Waals surface area contributed by atoms with E-state index < -0.39 is 0 Å². The molecule has 2 amide bonds. The fourth-order valence-corrected chi connectivity index (χ4v) is 5.85. The molecule has 0 bridgehead atoms. The molecule has 2 unspecified atom stereocenters. The Kier molecular flexibility index (Phi) is 8.31. The summed E-state index contributed by atoms with van der Waals surface area (Å²) in [5, 5.41) is 8.92. The number of nitrogens with one attached hydrogen (secondary N) is 2. The van der Waals surface area contributed by atoms with E-state index in [0.717, 1.165) is 55.9 Å². The Balaban J connectivity index is 1.12. The van der Waals surface area contributed by atoms with E-state index in [1.807, 2.05) is 35.2 Å². The first kappa shape index (κ1) is 25.9. The smallest absolute Gasteiger partial charge is 0.226 e. The lowest BCUT2D eigenvalue weighted by atomic mass is 9.77. The summed E-state index contributed by atoms with van der Waals surface area (Å²) in [6, 6.07) is 22.5. The number of piperazine rings is 1. The van der Waals surface area contributed by atoms with Gasteiger partial charge in [0.2, 0.25) is 11.8 Å². The van der Waals surface area contributed by atoms with Gasteiger partial charge in [-0.3, -0.25) is 9.59 Å². The second-order valence-corrected chi connectivity index (χ2v) is 10.3. The molecule has 0 aromatic heterocycles. The summed E-state index contributed by atoms with van der Waals surface area (Å²) in [7, 11) is 1.67. The monoisotopic (exact) mass is 514 g/mol. The van der Waals surface area contributed by atoms with E-state index in [4.69, 9.17) is 4.74 Å². The minimum absolute atomic E-state index is 0.0136. The van der Waals surface area contributed by atoms with Gasteiger partial charge in [-0.25, -0.2) is 0 Å². The second-order valence-electron chi connectivity index (χ2n) is 10.3. The second kappa shape index (κ2) is 12.2. The Hall–Kier alpha value is -3.74. The highest BCUT2D eigenvalue weighted by atomic mass is 16.5. The van der Waals surface area contributed by atoms with Crippen LogP contribution in [0, 0.1) is 11.8 Å². The molecule has 200 valence electrons. The molecular formula is C31H38N4O3. The molecular weight excluding hydrogens is 476 g/mol. The zero-order valence-corrected chi connectivity index (χ0v) is 22.2. The number of methoxy groups -OCH3 is 1. The van der Waals surface area contributed by atoms with Crippen LogP contribution in [0.5, 0.6) is 5.75 Å². The zero-order valence-electron chi connectivity index (χ0n) is 22.2. The molecule has 0 radical (unpaired) electrons. The number of hydrogen-bond donors (Lipinski definition) is 2. The van der Waals surface area contributed by atoms with Crippen LogP contribution in [0.1, 0.15) is 25.7 Å². The van der Waals surface area contributed by atoms with Crippen molar-refractivity contribution in [2.75, 3.05) is 56.6 Å². The average molecular weight is 515 g/mol. The molecule has 7 heteroatoms. The Morgan fingerprint density at radius 2 is 1.55 bits per heavy atom. The van der Waals surface area contributed by atoms with Gasteiger partial charge in [0.1, 0.15) is 5.75 Å². The highest BCUT2D eigenvalue weighted by Gasteiger charge is 2.38. The number of anilines is 2. The van der Waals surface area contributed by atoms with E-state index >= 15 is 0 Å². The molecule has 2 aliphatic rings. The van der Waals surface area contributed by atoms with Crippen molar-refractivity contribution >= 4 is 34.0 Å². The van der Waals surface area contributed by atoms with Crippen molar-refractivity contribution in [1.29, 1.82) is 0 Å². The van der Waals surface area contributed by atoms with E-state index in [1.54, 1.807) is 7.11 Å². The maximum absolute atomic E-state index is 13.5. The Morgan fingerprint density at radius 3 is 2.32 bits per heavy atom. The van der Waals surface area contributed by atoms with Crippen LogP contribution < -0.4 is 20.3 Å². The molecule has 2 N–H and O–H groups in total. The highest BCUT2D eigenvalue weighted by molar-refractivity contribution is 5.93. The molecule has 1 aliphatic heterocycles. The highest BCUT2D eigenvalue weighted by Crippen LogP contribution is 2.32. The number of amides is 2. The first-order valence-corrected chi connectivity index (χ1v) is 13.8. The number of carbonyl (C=O) groups excluding carboxylic acids is 2. The van der Waals surface area contributed by atoms with Crippen LogP contribution >= 0.6 is 0 Å². The largest absolute Gasteiger partial charge is 0.497 e. The summed E-state index contributed by atoms with van der Waals surface area (Å²) in [4.78, 5) is 31.0. The quantitative estimate of drug-likeness (QED) is 0.432. The Labute approximate surface area is 225 Å². The van der Waals surface area contributed by atoms with Crippen molar-refractivity contribution in [1.82, 2.24) is 10.2 Å². The average Bonchev–Trinajstić information content (AvgIpc) is 2.99. The first-order chi connectivity index (χ1) is 18.6. The fourth-order valence-electron chi connectivity index (χ4n) is 5.85. The van der Waals surface area contributed by atoms with Crippen molar-refractivity contribution in [2.24, 2.45) is 11.8 Å². The summed E-state index contributed by atoms with van der Waals surface area (Å²) < 4.78 is 5.26. The SMILES string of the molecule is COc1ccc(N2CCN(C(=O)C3CCCCC3C(=O)NCCNc3cccc4ccccc34)CC2)cc1. The predicted molar refractivity (Wildman–Crippen MR) is 153 cm³/mol. The third-order valence-electron chi connectivity index (χ3n) is 7.98. The van der Waals surface area contributed by atoms with E-state index in [0.29, 0.717) is 26.2 Å². The van der Waals surface area contributed by atoms with Gasteiger partial charge in [0.15, 0.2) is 0 Å². The molecule has 7 nitrogen and oxygen atoms in total. The molecule has 3 aromatic rings. The molecule has 0 spiro atoms. The fraction of sp³-hybridized carbons (Fsp3) is 0.419. The molecule has 2 fully saturated rings. The number of carbonyl (C=O) groups is 2.